The number of nitrogens with zero attached hydrogens (tertiary/aromatic N) is 3. The topological polar surface area (TPSA) is 47.3 Å². The molecule has 1 heterocycles. The van der Waals surface area contributed by atoms with Gasteiger partial charge in [-0.05, 0) is 12.8 Å². The Morgan fingerprint density at radius 2 is 2.00 bits per heavy atom. The summed E-state index contributed by atoms with van der Waals surface area (Å²) in [5, 5.41) is 8.89. The molecule has 1 aliphatic carbocycles. The Hall–Kier alpha value is -1.08. The van der Waals surface area contributed by atoms with Gasteiger partial charge in [0.05, 0.1) is 12.5 Å². The zero-order valence-electron chi connectivity index (χ0n) is 10.6. The van der Waals surface area contributed by atoms with Crippen molar-refractivity contribution in [3.8, 4) is 6.07 Å². The third-order valence-electron chi connectivity index (χ3n) is 4.08. The maximum absolute atomic E-state index is 12.1. The van der Waals surface area contributed by atoms with E-state index in [2.05, 4.69) is 11.0 Å². The molecule has 94 valence electrons. The van der Waals surface area contributed by atoms with E-state index in [1.807, 2.05) is 7.05 Å². The van der Waals surface area contributed by atoms with Crippen molar-refractivity contribution in [2.24, 2.45) is 0 Å². The molecule has 1 atom stereocenters. The van der Waals surface area contributed by atoms with E-state index < -0.39 is 0 Å². The molecule has 1 saturated heterocycles. The summed E-state index contributed by atoms with van der Waals surface area (Å²) < 4.78 is 0. The van der Waals surface area contributed by atoms with Gasteiger partial charge < -0.3 is 4.90 Å². The van der Waals surface area contributed by atoms with Gasteiger partial charge in [0.2, 0.25) is 5.91 Å². The van der Waals surface area contributed by atoms with Gasteiger partial charge in [0.15, 0.2) is 0 Å². The van der Waals surface area contributed by atoms with Crippen molar-refractivity contribution >= 4 is 5.91 Å². The highest BCUT2D eigenvalue weighted by Crippen LogP contribution is 2.27. The molecule has 4 heteroatoms. The van der Waals surface area contributed by atoms with E-state index in [9.17, 15) is 4.79 Å². The highest BCUT2D eigenvalue weighted by Gasteiger charge is 2.36. The number of amides is 1. The molecule has 2 aliphatic rings. The standard InChI is InChI=1S/C13H21N3O/c1-15-9-10-16(11-5-3-2-4-6-11)12(7-8-14)13(15)17/h11-12H,2-7,9-10H2,1H3. The molecule has 1 unspecified atom stereocenters. The number of rotatable bonds is 2. The maximum Gasteiger partial charge on any atom is 0.240 e. The van der Waals surface area contributed by atoms with Crippen LogP contribution in [0.4, 0.5) is 0 Å². The fourth-order valence-electron chi connectivity index (χ4n) is 3.07. The molecule has 2 fully saturated rings. The summed E-state index contributed by atoms with van der Waals surface area (Å²) in [4.78, 5) is 16.2. The number of carbonyl (C=O) groups excluding carboxylic acids is 1. The molecule has 1 saturated carbocycles. The first kappa shape index (κ1) is 12.4. The summed E-state index contributed by atoms with van der Waals surface area (Å²) >= 11 is 0. The number of hydrogen-bond donors (Lipinski definition) is 0. The molecule has 0 N–H and O–H groups in total. The van der Waals surface area contributed by atoms with E-state index in [1.165, 1.54) is 32.1 Å². The van der Waals surface area contributed by atoms with Gasteiger partial charge in [-0.2, -0.15) is 5.26 Å². The van der Waals surface area contributed by atoms with Gasteiger partial charge in [-0.3, -0.25) is 9.69 Å². The predicted octanol–water partition coefficient (Wildman–Crippen LogP) is 1.38. The molecule has 0 aromatic heterocycles. The minimum absolute atomic E-state index is 0.128. The van der Waals surface area contributed by atoms with Crippen LogP contribution in [0, 0.1) is 11.3 Å². The molecule has 4 nitrogen and oxygen atoms in total. The van der Waals surface area contributed by atoms with Gasteiger partial charge in [-0.15, -0.1) is 0 Å². The lowest BCUT2D eigenvalue weighted by atomic mass is 9.91. The minimum Gasteiger partial charge on any atom is -0.343 e. The lowest BCUT2D eigenvalue weighted by molar-refractivity contribution is -0.142. The van der Waals surface area contributed by atoms with Gasteiger partial charge >= 0.3 is 0 Å². The van der Waals surface area contributed by atoms with Crippen LogP contribution in [0.2, 0.25) is 0 Å². The summed E-state index contributed by atoms with van der Waals surface area (Å²) in [5.41, 5.74) is 0. The lowest BCUT2D eigenvalue weighted by Gasteiger charge is -2.43. The summed E-state index contributed by atoms with van der Waals surface area (Å²) in [5.74, 6) is 0.128. The molecule has 0 aromatic carbocycles. The van der Waals surface area contributed by atoms with E-state index in [0.717, 1.165) is 13.1 Å². The first-order chi connectivity index (χ1) is 8.24. The first-order valence-electron chi connectivity index (χ1n) is 6.61. The van der Waals surface area contributed by atoms with Crippen LogP contribution in [0.5, 0.6) is 0 Å². The molecule has 0 aromatic rings. The second-order valence-electron chi connectivity index (χ2n) is 5.17. The SMILES string of the molecule is CN1CCN(C2CCCCC2)C(CC#N)C1=O. The van der Waals surface area contributed by atoms with Crippen LogP contribution in [0.15, 0.2) is 0 Å². The second kappa shape index (κ2) is 5.50. The number of hydrogen-bond acceptors (Lipinski definition) is 3. The van der Waals surface area contributed by atoms with Crippen molar-refractivity contribution in [1.82, 2.24) is 9.80 Å². The van der Waals surface area contributed by atoms with Crippen LogP contribution in [-0.2, 0) is 4.79 Å². The zero-order chi connectivity index (χ0) is 12.3. The second-order valence-corrected chi connectivity index (χ2v) is 5.17. The van der Waals surface area contributed by atoms with Crippen LogP contribution in [0.1, 0.15) is 38.5 Å². The predicted molar refractivity (Wildman–Crippen MR) is 65.2 cm³/mol. The van der Waals surface area contributed by atoms with E-state index in [-0.39, 0.29) is 11.9 Å². The van der Waals surface area contributed by atoms with Crippen molar-refractivity contribution in [2.75, 3.05) is 20.1 Å². The van der Waals surface area contributed by atoms with Crippen molar-refractivity contribution in [1.29, 1.82) is 5.26 Å². The van der Waals surface area contributed by atoms with Gasteiger partial charge in [-0.25, -0.2) is 0 Å². The lowest BCUT2D eigenvalue weighted by Crippen LogP contribution is -2.58. The highest BCUT2D eigenvalue weighted by atomic mass is 16.2. The fraction of sp³-hybridized carbons (Fsp3) is 0.846. The normalized spacial score (nSPS) is 28.1. The fourth-order valence-corrected chi connectivity index (χ4v) is 3.07. The van der Waals surface area contributed by atoms with Crippen molar-refractivity contribution in [3.05, 3.63) is 0 Å². The Balaban J connectivity index is 2.08. The third kappa shape index (κ3) is 2.61. The van der Waals surface area contributed by atoms with E-state index >= 15 is 0 Å². The number of likely N-dealkylation sites (N-methyl/N-ethyl adjacent to an activating group) is 1. The van der Waals surface area contributed by atoms with Crippen LogP contribution in [0.25, 0.3) is 0 Å². The molecule has 17 heavy (non-hydrogen) atoms. The smallest absolute Gasteiger partial charge is 0.240 e. The van der Waals surface area contributed by atoms with E-state index in [0.29, 0.717) is 12.5 Å². The van der Waals surface area contributed by atoms with Gasteiger partial charge in [-0.1, -0.05) is 19.3 Å². The summed E-state index contributed by atoms with van der Waals surface area (Å²) in [7, 11) is 1.84. The Labute approximate surface area is 103 Å². The molecule has 0 radical (unpaired) electrons. The molecular formula is C13H21N3O. The van der Waals surface area contributed by atoms with Gasteiger partial charge in [0.25, 0.3) is 0 Å². The van der Waals surface area contributed by atoms with Crippen molar-refractivity contribution in [3.63, 3.8) is 0 Å². The van der Waals surface area contributed by atoms with Crippen LogP contribution in [-0.4, -0.2) is 47.9 Å². The Bertz CT molecular complexity index is 317. The number of nitriles is 1. The molecule has 1 aliphatic heterocycles. The average Bonchev–Trinajstić information content (AvgIpc) is 2.36. The Morgan fingerprint density at radius 1 is 1.29 bits per heavy atom. The largest absolute Gasteiger partial charge is 0.343 e. The summed E-state index contributed by atoms with van der Waals surface area (Å²) in [6, 6.07) is 2.50. The monoisotopic (exact) mass is 235 g/mol. The minimum atomic E-state index is -0.193. The van der Waals surface area contributed by atoms with Crippen LogP contribution in [0.3, 0.4) is 0 Å². The highest BCUT2D eigenvalue weighted by molar-refractivity contribution is 5.82. The van der Waals surface area contributed by atoms with E-state index in [1.54, 1.807) is 4.90 Å². The molecule has 1 amide bonds. The van der Waals surface area contributed by atoms with Gasteiger partial charge in [0, 0.05) is 26.2 Å². The average molecular weight is 235 g/mol. The third-order valence-corrected chi connectivity index (χ3v) is 4.08. The molecule has 0 bridgehead atoms. The zero-order valence-corrected chi connectivity index (χ0v) is 10.6. The van der Waals surface area contributed by atoms with Gasteiger partial charge in [0.1, 0.15) is 6.04 Å². The van der Waals surface area contributed by atoms with Crippen LogP contribution >= 0.6 is 0 Å². The molecular weight excluding hydrogens is 214 g/mol. The van der Waals surface area contributed by atoms with Crippen molar-refractivity contribution < 1.29 is 4.79 Å². The van der Waals surface area contributed by atoms with Crippen molar-refractivity contribution in [2.45, 2.75) is 50.6 Å². The Morgan fingerprint density at radius 3 is 2.65 bits per heavy atom. The number of piperazine rings is 1. The summed E-state index contributed by atoms with van der Waals surface area (Å²) in [6.07, 6.45) is 6.58. The first-order valence-corrected chi connectivity index (χ1v) is 6.61. The quantitative estimate of drug-likeness (QED) is 0.726. The molecule has 0 spiro atoms. The summed E-state index contributed by atoms with van der Waals surface area (Å²) in [6.45, 7) is 1.73. The van der Waals surface area contributed by atoms with Crippen LogP contribution < -0.4 is 0 Å². The Kier molecular flexibility index (Phi) is 4.01. The number of carbonyl (C=O) groups is 1. The maximum atomic E-state index is 12.1. The molecule has 2 rings (SSSR count). The van der Waals surface area contributed by atoms with E-state index in [4.69, 9.17) is 5.26 Å².